The number of pyridine rings is 1. The highest BCUT2D eigenvalue weighted by Crippen LogP contribution is 2.39. The van der Waals surface area contributed by atoms with Crippen LogP contribution in [0.1, 0.15) is 43.4 Å². The van der Waals surface area contributed by atoms with E-state index in [-0.39, 0.29) is 23.0 Å². The molecular formula is C33H30BrN5O6. The van der Waals surface area contributed by atoms with Gasteiger partial charge in [-0.05, 0) is 88.8 Å². The first-order chi connectivity index (χ1) is 21.6. The quantitative estimate of drug-likeness (QED) is 0.0841. The third-order valence-corrected chi connectivity index (χ3v) is 7.57. The Bertz CT molecular complexity index is 1990. The van der Waals surface area contributed by atoms with Gasteiger partial charge in [-0.1, -0.05) is 26.0 Å². The molecule has 0 saturated heterocycles. The van der Waals surface area contributed by atoms with Gasteiger partial charge in [0.25, 0.3) is 11.2 Å². The summed E-state index contributed by atoms with van der Waals surface area (Å²) >= 11 is 3.54. The Morgan fingerprint density at radius 1 is 1.11 bits per heavy atom. The fraction of sp³-hybridized carbons (Fsp3) is 0.212. The highest BCUT2D eigenvalue weighted by molar-refractivity contribution is 9.10. The van der Waals surface area contributed by atoms with Crippen molar-refractivity contribution in [1.29, 1.82) is 0 Å². The molecule has 2 heterocycles. The lowest BCUT2D eigenvalue weighted by molar-refractivity contribution is -0.385. The van der Waals surface area contributed by atoms with Crippen LogP contribution in [0.5, 0.6) is 23.1 Å². The van der Waals surface area contributed by atoms with E-state index in [1.54, 1.807) is 43.7 Å². The van der Waals surface area contributed by atoms with Gasteiger partial charge in [-0.15, -0.1) is 0 Å². The number of fused-ring (bicyclic) bond motifs is 1. The molecule has 11 nitrogen and oxygen atoms in total. The van der Waals surface area contributed by atoms with E-state index in [0.29, 0.717) is 44.9 Å². The van der Waals surface area contributed by atoms with Gasteiger partial charge in [0.2, 0.25) is 5.88 Å². The van der Waals surface area contributed by atoms with E-state index < -0.39 is 4.92 Å². The molecule has 0 bridgehead atoms. The summed E-state index contributed by atoms with van der Waals surface area (Å²) in [6.45, 7) is 8.27. The van der Waals surface area contributed by atoms with Gasteiger partial charge in [-0.2, -0.15) is 9.78 Å². The van der Waals surface area contributed by atoms with Gasteiger partial charge in [-0.3, -0.25) is 14.9 Å². The zero-order chi connectivity index (χ0) is 32.2. The van der Waals surface area contributed by atoms with E-state index >= 15 is 0 Å². The number of halogens is 1. The monoisotopic (exact) mass is 671 g/mol. The van der Waals surface area contributed by atoms with Gasteiger partial charge in [0.05, 0.1) is 40.2 Å². The Labute approximate surface area is 267 Å². The van der Waals surface area contributed by atoms with Crippen molar-refractivity contribution < 1.29 is 19.1 Å². The number of aromatic nitrogens is 3. The van der Waals surface area contributed by atoms with Crippen LogP contribution in [0.25, 0.3) is 22.3 Å². The van der Waals surface area contributed by atoms with Crippen molar-refractivity contribution in [2.75, 3.05) is 13.7 Å². The Morgan fingerprint density at radius 2 is 1.89 bits per heavy atom. The Morgan fingerprint density at radius 3 is 2.56 bits per heavy atom. The normalized spacial score (nSPS) is 11.4. The van der Waals surface area contributed by atoms with Crippen LogP contribution in [0.4, 0.5) is 5.69 Å². The number of ether oxygens (including phenoxy) is 3. The molecule has 2 aromatic heterocycles. The molecule has 0 N–H and O–H groups in total. The van der Waals surface area contributed by atoms with Gasteiger partial charge in [0.15, 0.2) is 17.3 Å². The number of hydrogen-bond acceptors (Lipinski definition) is 9. The standard InChI is InChI=1S/C33H30BrN5O6/c1-6-44-29-15-21(14-26(34)31(29)45-30-12-11-22(18-35-30)39(41)42)17-36-38-32(37-27-10-8-7-9-23(27)33(38)40)25-16-24(19(2)3)28(43-5)13-20(25)4/h7-19H,6H2,1-5H3. The molecule has 0 atom stereocenters. The van der Waals surface area contributed by atoms with Crippen molar-refractivity contribution in [2.24, 2.45) is 5.10 Å². The minimum absolute atomic E-state index is 0.151. The first kappa shape index (κ1) is 31.3. The molecule has 12 heteroatoms. The van der Waals surface area contributed by atoms with Crippen LogP contribution in [-0.2, 0) is 0 Å². The van der Waals surface area contributed by atoms with Gasteiger partial charge in [0, 0.05) is 17.7 Å². The molecule has 0 amide bonds. The zero-order valence-electron chi connectivity index (χ0n) is 25.3. The SMILES string of the molecule is CCOc1cc(C=Nn2c(-c3cc(C(C)C)c(OC)cc3C)nc3ccccc3c2=O)cc(Br)c1Oc1ccc([N+](=O)[O-])cn1. The third-order valence-electron chi connectivity index (χ3n) is 6.99. The van der Waals surface area contributed by atoms with Gasteiger partial charge < -0.3 is 14.2 Å². The van der Waals surface area contributed by atoms with Crippen molar-refractivity contribution in [2.45, 2.75) is 33.6 Å². The molecule has 0 fully saturated rings. The summed E-state index contributed by atoms with van der Waals surface area (Å²) in [6.07, 6.45) is 2.66. The van der Waals surface area contributed by atoms with Crippen molar-refractivity contribution in [3.63, 3.8) is 0 Å². The van der Waals surface area contributed by atoms with Crippen LogP contribution in [0.2, 0.25) is 0 Å². The van der Waals surface area contributed by atoms with E-state index in [2.05, 4.69) is 39.9 Å². The van der Waals surface area contributed by atoms with Crippen molar-refractivity contribution in [3.05, 3.63) is 108 Å². The zero-order valence-corrected chi connectivity index (χ0v) is 26.9. The topological polar surface area (TPSA) is 131 Å². The summed E-state index contributed by atoms with van der Waals surface area (Å²) in [5, 5.41) is 16.1. The fourth-order valence-electron chi connectivity index (χ4n) is 4.77. The smallest absolute Gasteiger partial charge is 0.287 e. The van der Waals surface area contributed by atoms with E-state index in [0.717, 1.165) is 28.6 Å². The molecule has 45 heavy (non-hydrogen) atoms. The molecule has 0 saturated carbocycles. The Balaban J connectivity index is 1.61. The molecule has 5 rings (SSSR count). The van der Waals surface area contributed by atoms with Gasteiger partial charge >= 0.3 is 0 Å². The van der Waals surface area contributed by atoms with Crippen molar-refractivity contribution >= 4 is 38.7 Å². The second-order valence-corrected chi connectivity index (χ2v) is 11.2. The molecule has 0 aliphatic heterocycles. The number of nitrogens with zero attached hydrogens (tertiary/aromatic N) is 5. The lowest BCUT2D eigenvalue weighted by Crippen LogP contribution is -2.20. The summed E-state index contributed by atoms with van der Waals surface area (Å²) < 4.78 is 19.2. The average Bonchev–Trinajstić information content (AvgIpc) is 3.02. The van der Waals surface area contributed by atoms with Gasteiger partial charge in [-0.25, -0.2) is 9.97 Å². The van der Waals surface area contributed by atoms with E-state index in [1.807, 2.05) is 32.0 Å². The van der Waals surface area contributed by atoms with Gasteiger partial charge in [0.1, 0.15) is 11.9 Å². The summed E-state index contributed by atoms with van der Waals surface area (Å²) in [4.78, 5) is 33.2. The van der Waals surface area contributed by atoms with Crippen LogP contribution >= 0.6 is 15.9 Å². The number of methoxy groups -OCH3 is 1. The van der Waals surface area contributed by atoms with Crippen LogP contribution in [0.15, 0.2) is 81.2 Å². The lowest BCUT2D eigenvalue weighted by atomic mass is 9.96. The van der Waals surface area contributed by atoms with Crippen LogP contribution in [0, 0.1) is 17.0 Å². The minimum atomic E-state index is -0.534. The molecule has 5 aromatic rings. The number of aryl methyl sites for hydroxylation is 1. The van der Waals surface area contributed by atoms with Crippen LogP contribution in [-0.4, -0.2) is 39.5 Å². The summed E-state index contributed by atoms with van der Waals surface area (Å²) in [6, 6.07) is 17.3. The summed E-state index contributed by atoms with van der Waals surface area (Å²) in [5.74, 6) is 2.19. The number of hydrogen-bond donors (Lipinski definition) is 0. The molecule has 0 aliphatic carbocycles. The maximum absolute atomic E-state index is 13.8. The first-order valence-electron chi connectivity index (χ1n) is 14.1. The van der Waals surface area contributed by atoms with Crippen molar-refractivity contribution in [1.82, 2.24) is 14.6 Å². The van der Waals surface area contributed by atoms with E-state index in [1.165, 1.54) is 16.8 Å². The molecule has 3 aromatic carbocycles. The Hall–Kier alpha value is -5.10. The predicted molar refractivity (Wildman–Crippen MR) is 176 cm³/mol. The number of para-hydroxylation sites is 1. The number of rotatable bonds is 10. The third kappa shape index (κ3) is 6.55. The van der Waals surface area contributed by atoms with Crippen molar-refractivity contribution in [3.8, 4) is 34.5 Å². The molecule has 0 unspecified atom stereocenters. The summed E-state index contributed by atoms with van der Waals surface area (Å²) in [7, 11) is 1.64. The predicted octanol–water partition coefficient (Wildman–Crippen LogP) is 7.64. The Kier molecular flexibility index (Phi) is 9.24. The van der Waals surface area contributed by atoms with E-state index in [9.17, 15) is 14.9 Å². The van der Waals surface area contributed by atoms with E-state index in [4.69, 9.17) is 19.2 Å². The average molecular weight is 673 g/mol. The molecule has 0 spiro atoms. The van der Waals surface area contributed by atoms with Crippen LogP contribution in [0.3, 0.4) is 0 Å². The maximum atomic E-state index is 13.8. The molecule has 230 valence electrons. The highest BCUT2D eigenvalue weighted by Gasteiger charge is 2.19. The fourth-order valence-corrected chi connectivity index (χ4v) is 5.31. The molecule has 0 aliphatic rings. The number of nitro groups is 1. The first-order valence-corrected chi connectivity index (χ1v) is 14.9. The summed E-state index contributed by atoms with van der Waals surface area (Å²) in [5.41, 5.74) is 3.32. The minimum Gasteiger partial charge on any atom is -0.496 e. The second-order valence-electron chi connectivity index (χ2n) is 10.4. The highest BCUT2D eigenvalue weighted by atomic mass is 79.9. The maximum Gasteiger partial charge on any atom is 0.287 e. The largest absolute Gasteiger partial charge is 0.496 e. The molecular weight excluding hydrogens is 642 g/mol. The lowest BCUT2D eigenvalue weighted by Gasteiger charge is -2.17. The van der Waals surface area contributed by atoms with Crippen LogP contribution < -0.4 is 19.8 Å². The second kappa shape index (κ2) is 13.3. The molecule has 0 radical (unpaired) electrons. The number of benzene rings is 3.